The first kappa shape index (κ1) is 16.4. The summed E-state index contributed by atoms with van der Waals surface area (Å²) in [5.74, 6) is 0. The summed E-state index contributed by atoms with van der Waals surface area (Å²) in [7, 11) is -3.74. The van der Waals surface area contributed by atoms with Gasteiger partial charge in [0.05, 0.1) is 4.90 Å². The molecule has 1 heterocycles. The predicted octanol–water partition coefficient (Wildman–Crippen LogP) is 1.93. The van der Waals surface area contributed by atoms with Crippen LogP contribution >= 0.6 is 0 Å². The highest BCUT2D eigenvalue weighted by Gasteiger charge is 2.32. The van der Waals surface area contributed by atoms with Gasteiger partial charge in [-0.25, -0.2) is 18.4 Å². The maximum atomic E-state index is 12.5. The number of primary sulfonamides is 1. The average Bonchev–Trinajstić information content (AvgIpc) is 3.38. The number of anilines is 1. The van der Waals surface area contributed by atoms with E-state index in [1.54, 1.807) is 17.3 Å². The number of rotatable bonds is 5. The molecule has 1 saturated carbocycles. The van der Waals surface area contributed by atoms with Crippen LogP contribution in [0, 0.1) is 0 Å². The molecule has 0 aliphatic heterocycles. The Bertz CT molecular complexity index is 818. The van der Waals surface area contributed by atoms with Gasteiger partial charge in [-0.15, -0.1) is 0 Å². The summed E-state index contributed by atoms with van der Waals surface area (Å²) in [6.07, 6.45) is 5.38. The Kier molecular flexibility index (Phi) is 4.50. The fourth-order valence-electron chi connectivity index (χ4n) is 2.36. The van der Waals surface area contributed by atoms with Crippen LogP contribution in [0.3, 0.4) is 0 Å². The van der Waals surface area contributed by atoms with Crippen LogP contribution < -0.4 is 10.5 Å². The van der Waals surface area contributed by atoms with Gasteiger partial charge < -0.3 is 10.2 Å². The summed E-state index contributed by atoms with van der Waals surface area (Å²) >= 11 is 0. The third-order valence-corrected chi connectivity index (χ3v) is 4.71. The minimum Gasteiger partial charge on any atom is -0.317 e. The molecule has 1 aliphatic carbocycles. The highest BCUT2D eigenvalue weighted by Crippen LogP contribution is 2.29. The molecular formula is C16H18N4O3S. The lowest BCUT2D eigenvalue weighted by molar-refractivity contribution is 0.206. The molecule has 0 saturated heterocycles. The molecule has 1 aromatic heterocycles. The van der Waals surface area contributed by atoms with Crippen LogP contribution in [-0.4, -0.2) is 30.4 Å². The fourth-order valence-corrected chi connectivity index (χ4v) is 2.88. The Balaban J connectivity index is 1.70. The van der Waals surface area contributed by atoms with Crippen LogP contribution in [0.1, 0.15) is 18.4 Å². The maximum Gasteiger partial charge on any atom is 0.322 e. The summed E-state index contributed by atoms with van der Waals surface area (Å²) < 4.78 is 22.5. The lowest BCUT2D eigenvalue weighted by Gasteiger charge is -2.23. The number of aromatic nitrogens is 1. The molecule has 24 heavy (non-hydrogen) atoms. The van der Waals surface area contributed by atoms with Crippen molar-refractivity contribution in [2.24, 2.45) is 5.14 Å². The van der Waals surface area contributed by atoms with Crippen LogP contribution in [-0.2, 0) is 16.6 Å². The van der Waals surface area contributed by atoms with E-state index in [2.05, 4.69) is 10.3 Å². The van der Waals surface area contributed by atoms with Crippen molar-refractivity contribution in [3.05, 3.63) is 54.4 Å². The molecule has 126 valence electrons. The van der Waals surface area contributed by atoms with Gasteiger partial charge >= 0.3 is 6.03 Å². The zero-order chi connectivity index (χ0) is 17.2. The summed E-state index contributed by atoms with van der Waals surface area (Å²) in [5, 5.41) is 7.86. The molecule has 7 nitrogen and oxygen atoms in total. The van der Waals surface area contributed by atoms with Gasteiger partial charge in [-0.3, -0.25) is 4.98 Å². The second kappa shape index (κ2) is 6.58. The largest absolute Gasteiger partial charge is 0.322 e. The molecule has 2 aromatic rings. The van der Waals surface area contributed by atoms with Gasteiger partial charge in [-0.05, 0) is 54.8 Å². The third kappa shape index (κ3) is 4.09. The predicted molar refractivity (Wildman–Crippen MR) is 89.6 cm³/mol. The van der Waals surface area contributed by atoms with Crippen molar-refractivity contribution in [1.82, 2.24) is 9.88 Å². The lowest BCUT2D eigenvalue weighted by Crippen LogP contribution is -2.36. The average molecular weight is 346 g/mol. The lowest BCUT2D eigenvalue weighted by atomic mass is 10.2. The van der Waals surface area contributed by atoms with Crippen molar-refractivity contribution >= 4 is 21.7 Å². The Labute approximate surface area is 140 Å². The number of carbonyl (C=O) groups excluding carboxylic acids is 1. The minimum atomic E-state index is -3.74. The van der Waals surface area contributed by atoms with Gasteiger partial charge in [0.1, 0.15) is 0 Å². The molecule has 0 unspecified atom stereocenters. The highest BCUT2D eigenvalue weighted by atomic mass is 32.2. The first-order valence-electron chi connectivity index (χ1n) is 7.53. The molecule has 8 heteroatoms. The second-order valence-electron chi connectivity index (χ2n) is 5.71. The maximum absolute atomic E-state index is 12.5. The summed E-state index contributed by atoms with van der Waals surface area (Å²) in [6, 6.07) is 9.57. The van der Waals surface area contributed by atoms with E-state index in [-0.39, 0.29) is 17.0 Å². The van der Waals surface area contributed by atoms with Gasteiger partial charge in [0, 0.05) is 30.7 Å². The first-order valence-corrected chi connectivity index (χ1v) is 9.07. The first-order chi connectivity index (χ1) is 11.4. The van der Waals surface area contributed by atoms with Crippen molar-refractivity contribution < 1.29 is 13.2 Å². The van der Waals surface area contributed by atoms with Crippen molar-refractivity contribution in [3.8, 4) is 0 Å². The van der Waals surface area contributed by atoms with E-state index in [0.717, 1.165) is 18.4 Å². The molecule has 0 bridgehead atoms. The molecule has 0 atom stereocenters. The van der Waals surface area contributed by atoms with Crippen LogP contribution in [0.15, 0.2) is 53.7 Å². The number of hydrogen-bond acceptors (Lipinski definition) is 4. The number of nitrogens with zero attached hydrogens (tertiary/aromatic N) is 2. The number of urea groups is 1. The number of nitrogens with two attached hydrogens (primary N) is 1. The minimum absolute atomic E-state index is 0.0105. The van der Waals surface area contributed by atoms with Gasteiger partial charge in [0.15, 0.2) is 0 Å². The Hall–Kier alpha value is -2.45. The number of carbonyl (C=O) groups is 1. The molecule has 0 radical (unpaired) electrons. The van der Waals surface area contributed by atoms with Crippen LogP contribution in [0.25, 0.3) is 0 Å². The zero-order valence-electron chi connectivity index (χ0n) is 12.9. The molecule has 1 aromatic carbocycles. The summed E-state index contributed by atoms with van der Waals surface area (Å²) in [6.45, 7) is 0.508. The normalized spacial score (nSPS) is 14.2. The molecule has 3 N–H and O–H groups in total. The van der Waals surface area contributed by atoms with Crippen molar-refractivity contribution in [2.45, 2.75) is 30.3 Å². The third-order valence-electron chi connectivity index (χ3n) is 3.78. The van der Waals surface area contributed by atoms with Crippen molar-refractivity contribution in [2.75, 3.05) is 5.32 Å². The van der Waals surface area contributed by atoms with E-state index in [1.807, 2.05) is 12.1 Å². The highest BCUT2D eigenvalue weighted by molar-refractivity contribution is 7.89. The van der Waals surface area contributed by atoms with E-state index in [1.165, 1.54) is 24.3 Å². The van der Waals surface area contributed by atoms with E-state index in [0.29, 0.717) is 12.2 Å². The van der Waals surface area contributed by atoms with Gasteiger partial charge in [0.25, 0.3) is 0 Å². The topological polar surface area (TPSA) is 105 Å². The Morgan fingerprint density at radius 3 is 2.33 bits per heavy atom. The Morgan fingerprint density at radius 1 is 1.17 bits per heavy atom. The SMILES string of the molecule is NS(=O)(=O)c1ccc(NC(=O)N(Cc2ccncc2)C2CC2)cc1. The van der Waals surface area contributed by atoms with E-state index in [4.69, 9.17) is 5.14 Å². The molecule has 1 aliphatic rings. The molecule has 1 fully saturated rings. The van der Waals surface area contributed by atoms with Gasteiger partial charge in [-0.1, -0.05) is 0 Å². The fraction of sp³-hybridized carbons (Fsp3) is 0.250. The van der Waals surface area contributed by atoms with Crippen LogP contribution in [0.2, 0.25) is 0 Å². The van der Waals surface area contributed by atoms with E-state index >= 15 is 0 Å². The summed E-state index contributed by atoms with van der Waals surface area (Å²) in [5.41, 5.74) is 1.53. The molecule has 3 rings (SSSR count). The van der Waals surface area contributed by atoms with E-state index < -0.39 is 10.0 Å². The van der Waals surface area contributed by atoms with Crippen LogP contribution in [0.4, 0.5) is 10.5 Å². The molecule has 0 spiro atoms. The number of pyridine rings is 1. The smallest absolute Gasteiger partial charge is 0.317 e. The van der Waals surface area contributed by atoms with Gasteiger partial charge in [-0.2, -0.15) is 0 Å². The number of nitrogens with one attached hydrogen (secondary N) is 1. The quantitative estimate of drug-likeness (QED) is 0.863. The molecular weight excluding hydrogens is 328 g/mol. The van der Waals surface area contributed by atoms with Gasteiger partial charge in [0.2, 0.25) is 10.0 Å². The number of hydrogen-bond donors (Lipinski definition) is 2. The monoisotopic (exact) mass is 346 g/mol. The van der Waals surface area contributed by atoms with Crippen molar-refractivity contribution in [1.29, 1.82) is 0 Å². The summed E-state index contributed by atoms with van der Waals surface area (Å²) in [4.78, 5) is 18.3. The van der Waals surface area contributed by atoms with Crippen molar-refractivity contribution in [3.63, 3.8) is 0 Å². The second-order valence-corrected chi connectivity index (χ2v) is 7.28. The Morgan fingerprint density at radius 2 is 1.79 bits per heavy atom. The van der Waals surface area contributed by atoms with Crippen LogP contribution in [0.5, 0.6) is 0 Å². The number of amides is 2. The molecule has 2 amide bonds. The zero-order valence-corrected chi connectivity index (χ0v) is 13.7. The number of sulfonamides is 1. The standard InChI is InChI=1S/C16H18N4O3S/c17-24(22,23)15-5-1-13(2-6-15)19-16(21)20(14-3-4-14)11-12-7-9-18-10-8-12/h1-2,5-10,14H,3-4,11H2,(H,19,21)(H2,17,22,23). The van der Waals surface area contributed by atoms with E-state index in [9.17, 15) is 13.2 Å². The number of benzene rings is 1.